The maximum absolute atomic E-state index is 14.4. The first-order valence-corrected chi connectivity index (χ1v) is 9.00. The summed E-state index contributed by atoms with van der Waals surface area (Å²) in [6.45, 7) is 2.07. The highest BCUT2D eigenvalue weighted by Crippen LogP contribution is 2.32. The zero-order valence-corrected chi connectivity index (χ0v) is 15.2. The maximum Gasteiger partial charge on any atom is 0.156 e. The van der Waals surface area contributed by atoms with Crippen LogP contribution in [0.4, 0.5) is 10.2 Å². The zero-order chi connectivity index (χ0) is 18.1. The molecule has 26 heavy (non-hydrogen) atoms. The molecule has 1 aromatic carbocycles. The number of hydrogen-bond donors (Lipinski definition) is 1. The lowest BCUT2D eigenvalue weighted by atomic mass is 10.0. The highest BCUT2D eigenvalue weighted by atomic mass is 35.5. The standard InChI is InChI=1S/C19H19ClFN5/c1-26-8-2-3-13(11-26)23-19-14-6-7-22-10-16(14)18(24-25-19)15-5-4-12(20)9-17(15)21/h4-7,9-10,13H,2-3,8,11H2,1H3,(H,23,25). The summed E-state index contributed by atoms with van der Waals surface area (Å²) >= 11 is 5.87. The Morgan fingerprint density at radius 3 is 2.92 bits per heavy atom. The lowest BCUT2D eigenvalue weighted by Crippen LogP contribution is -2.40. The first-order chi connectivity index (χ1) is 12.6. The Labute approximate surface area is 156 Å². The quantitative estimate of drug-likeness (QED) is 0.754. The molecule has 0 radical (unpaired) electrons. The number of nitrogens with zero attached hydrogens (tertiary/aromatic N) is 4. The molecule has 1 unspecified atom stereocenters. The van der Waals surface area contributed by atoms with Gasteiger partial charge in [0.25, 0.3) is 0 Å². The molecular formula is C19H19ClFN5. The Morgan fingerprint density at radius 1 is 1.23 bits per heavy atom. The highest BCUT2D eigenvalue weighted by molar-refractivity contribution is 6.30. The van der Waals surface area contributed by atoms with Gasteiger partial charge in [0.2, 0.25) is 0 Å². The number of pyridine rings is 1. The van der Waals surface area contributed by atoms with Gasteiger partial charge < -0.3 is 10.2 Å². The number of aromatic nitrogens is 3. The van der Waals surface area contributed by atoms with Crippen molar-refractivity contribution in [2.45, 2.75) is 18.9 Å². The fourth-order valence-corrected chi connectivity index (χ4v) is 3.62. The van der Waals surface area contributed by atoms with Gasteiger partial charge >= 0.3 is 0 Å². The van der Waals surface area contributed by atoms with Crippen molar-refractivity contribution in [3.8, 4) is 11.3 Å². The van der Waals surface area contributed by atoms with E-state index in [9.17, 15) is 4.39 Å². The number of benzene rings is 1. The monoisotopic (exact) mass is 371 g/mol. The third kappa shape index (κ3) is 3.34. The number of nitrogens with one attached hydrogen (secondary N) is 1. The molecule has 0 amide bonds. The molecule has 3 heterocycles. The van der Waals surface area contributed by atoms with Gasteiger partial charge in [-0.1, -0.05) is 11.6 Å². The van der Waals surface area contributed by atoms with E-state index in [1.807, 2.05) is 6.07 Å². The molecule has 1 fully saturated rings. The summed E-state index contributed by atoms with van der Waals surface area (Å²) in [6, 6.07) is 6.75. The Morgan fingerprint density at radius 2 is 2.12 bits per heavy atom. The Kier molecular flexibility index (Phi) is 4.70. The predicted molar refractivity (Wildman–Crippen MR) is 102 cm³/mol. The van der Waals surface area contributed by atoms with Gasteiger partial charge in [0.05, 0.1) is 0 Å². The van der Waals surface area contributed by atoms with Crippen LogP contribution in [0.2, 0.25) is 5.02 Å². The van der Waals surface area contributed by atoms with Crippen molar-refractivity contribution in [2.24, 2.45) is 0 Å². The van der Waals surface area contributed by atoms with E-state index in [2.05, 4.69) is 32.4 Å². The molecule has 0 bridgehead atoms. The number of likely N-dealkylation sites (tertiary alicyclic amines) is 1. The molecule has 1 aliphatic heterocycles. The third-order valence-electron chi connectivity index (χ3n) is 4.73. The lowest BCUT2D eigenvalue weighted by Gasteiger charge is -2.30. The minimum absolute atomic E-state index is 0.317. The molecule has 1 aliphatic rings. The molecule has 5 nitrogen and oxygen atoms in total. The van der Waals surface area contributed by atoms with E-state index in [0.29, 0.717) is 28.1 Å². The van der Waals surface area contributed by atoms with E-state index in [1.54, 1.807) is 24.5 Å². The largest absolute Gasteiger partial charge is 0.364 e. The number of rotatable bonds is 3. The molecule has 134 valence electrons. The van der Waals surface area contributed by atoms with Gasteiger partial charge in [-0.15, -0.1) is 10.2 Å². The Bertz CT molecular complexity index is 948. The van der Waals surface area contributed by atoms with Crippen molar-refractivity contribution in [3.05, 3.63) is 47.5 Å². The van der Waals surface area contributed by atoms with Crippen molar-refractivity contribution in [1.29, 1.82) is 0 Å². The summed E-state index contributed by atoms with van der Waals surface area (Å²) in [5.74, 6) is 0.285. The molecule has 7 heteroatoms. The number of halogens is 2. The minimum Gasteiger partial charge on any atom is -0.364 e. The van der Waals surface area contributed by atoms with Gasteiger partial charge in [-0.3, -0.25) is 4.98 Å². The summed E-state index contributed by atoms with van der Waals surface area (Å²) in [7, 11) is 2.12. The fourth-order valence-electron chi connectivity index (χ4n) is 3.46. The van der Waals surface area contributed by atoms with Crippen LogP contribution in [0.25, 0.3) is 22.0 Å². The molecule has 3 aromatic rings. The van der Waals surface area contributed by atoms with Crippen LogP contribution in [0.3, 0.4) is 0 Å². The first kappa shape index (κ1) is 17.1. The molecule has 1 saturated heterocycles. The topological polar surface area (TPSA) is 53.9 Å². The summed E-state index contributed by atoms with van der Waals surface area (Å²) in [4.78, 5) is 6.50. The SMILES string of the molecule is CN1CCCC(Nc2nnc(-c3ccc(Cl)cc3F)c3cnccc23)C1. The second-order valence-corrected chi connectivity index (χ2v) is 7.12. The van der Waals surface area contributed by atoms with Crippen LogP contribution in [0, 0.1) is 5.82 Å². The molecule has 1 atom stereocenters. The fraction of sp³-hybridized carbons (Fsp3) is 0.316. The molecule has 2 aromatic heterocycles. The van der Waals surface area contributed by atoms with E-state index in [4.69, 9.17) is 11.6 Å². The summed E-state index contributed by atoms with van der Waals surface area (Å²) in [6.07, 6.45) is 5.65. The van der Waals surface area contributed by atoms with Gasteiger partial charge in [-0.05, 0) is 50.7 Å². The summed E-state index contributed by atoms with van der Waals surface area (Å²) < 4.78 is 14.4. The van der Waals surface area contributed by atoms with Crippen LogP contribution in [-0.4, -0.2) is 46.3 Å². The van der Waals surface area contributed by atoms with Crippen LogP contribution in [0.15, 0.2) is 36.7 Å². The Balaban J connectivity index is 1.76. The number of piperidine rings is 1. The third-order valence-corrected chi connectivity index (χ3v) is 4.97. The number of hydrogen-bond acceptors (Lipinski definition) is 5. The van der Waals surface area contributed by atoms with Gasteiger partial charge in [0.1, 0.15) is 11.5 Å². The number of anilines is 1. The molecule has 0 spiro atoms. The molecule has 0 saturated carbocycles. The van der Waals surface area contributed by atoms with Crippen LogP contribution in [-0.2, 0) is 0 Å². The van der Waals surface area contributed by atoms with Crippen molar-refractivity contribution in [2.75, 3.05) is 25.5 Å². The van der Waals surface area contributed by atoms with Gasteiger partial charge in [0.15, 0.2) is 5.82 Å². The first-order valence-electron chi connectivity index (χ1n) is 8.63. The van der Waals surface area contributed by atoms with Crippen molar-refractivity contribution in [1.82, 2.24) is 20.1 Å². The molecule has 0 aliphatic carbocycles. The normalized spacial score (nSPS) is 18.2. The lowest BCUT2D eigenvalue weighted by molar-refractivity contribution is 0.261. The smallest absolute Gasteiger partial charge is 0.156 e. The average molecular weight is 372 g/mol. The molecular weight excluding hydrogens is 353 g/mol. The Hall–Kier alpha value is -2.31. The summed E-state index contributed by atoms with van der Waals surface area (Å²) in [5.41, 5.74) is 0.831. The van der Waals surface area contributed by atoms with Gasteiger partial charge in [-0.25, -0.2) is 4.39 Å². The van der Waals surface area contributed by atoms with E-state index in [1.165, 1.54) is 6.07 Å². The van der Waals surface area contributed by atoms with E-state index >= 15 is 0 Å². The van der Waals surface area contributed by atoms with Crippen LogP contribution in [0.5, 0.6) is 0 Å². The molecule has 1 N–H and O–H groups in total. The molecule has 4 rings (SSSR count). The second-order valence-electron chi connectivity index (χ2n) is 6.69. The van der Waals surface area contributed by atoms with Crippen LogP contribution >= 0.6 is 11.6 Å². The van der Waals surface area contributed by atoms with Gasteiger partial charge in [0, 0.05) is 46.3 Å². The van der Waals surface area contributed by atoms with E-state index in [0.717, 1.165) is 36.7 Å². The van der Waals surface area contributed by atoms with Crippen LogP contribution < -0.4 is 5.32 Å². The average Bonchev–Trinajstić information content (AvgIpc) is 2.63. The zero-order valence-electron chi connectivity index (χ0n) is 14.4. The summed E-state index contributed by atoms with van der Waals surface area (Å²) in [5, 5.41) is 14.2. The predicted octanol–water partition coefficient (Wildman–Crippen LogP) is 3.99. The minimum atomic E-state index is -0.424. The van der Waals surface area contributed by atoms with Crippen molar-refractivity contribution >= 4 is 28.2 Å². The van der Waals surface area contributed by atoms with Crippen LogP contribution in [0.1, 0.15) is 12.8 Å². The van der Waals surface area contributed by atoms with Gasteiger partial charge in [-0.2, -0.15) is 0 Å². The van der Waals surface area contributed by atoms with E-state index in [-0.39, 0.29) is 0 Å². The van der Waals surface area contributed by atoms with Crippen molar-refractivity contribution < 1.29 is 4.39 Å². The second kappa shape index (κ2) is 7.13. The van der Waals surface area contributed by atoms with Crippen molar-refractivity contribution in [3.63, 3.8) is 0 Å². The maximum atomic E-state index is 14.4. The number of fused-ring (bicyclic) bond motifs is 1. The van der Waals surface area contributed by atoms with E-state index < -0.39 is 5.82 Å². The number of likely N-dealkylation sites (N-methyl/N-ethyl adjacent to an activating group) is 1. The highest BCUT2D eigenvalue weighted by Gasteiger charge is 2.20.